The lowest BCUT2D eigenvalue weighted by molar-refractivity contribution is -0.116. The summed E-state index contributed by atoms with van der Waals surface area (Å²) in [7, 11) is -1.97. The number of rotatable bonds is 5. The van der Waals surface area contributed by atoms with Gasteiger partial charge in [-0.1, -0.05) is 13.3 Å². The highest BCUT2D eigenvalue weighted by Crippen LogP contribution is 2.36. The molecule has 7 heteroatoms. The van der Waals surface area contributed by atoms with E-state index in [0.29, 0.717) is 36.7 Å². The third-order valence-electron chi connectivity index (χ3n) is 4.01. The average molecular weight is 340 g/mol. The van der Waals surface area contributed by atoms with Crippen molar-refractivity contribution in [2.75, 3.05) is 31.6 Å². The number of hydrogen-bond donors (Lipinski definition) is 0. The maximum Gasteiger partial charge on any atom is 0.243 e. The first-order valence-corrected chi connectivity index (χ1v) is 9.25. The molecule has 1 aromatic carbocycles. The second kappa shape index (κ2) is 6.88. The van der Waals surface area contributed by atoms with Crippen LogP contribution < -0.4 is 9.64 Å². The summed E-state index contributed by atoms with van der Waals surface area (Å²) in [5, 5.41) is 0. The molecule has 0 saturated heterocycles. The van der Waals surface area contributed by atoms with Gasteiger partial charge in [0.05, 0.1) is 17.1 Å². The lowest BCUT2D eigenvalue weighted by atomic mass is 10.1. The maximum atomic E-state index is 12.7. The Balaban J connectivity index is 2.44. The van der Waals surface area contributed by atoms with Crippen molar-refractivity contribution in [2.45, 2.75) is 38.5 Å². The van der Waals surface area contributed by atoms with Gasteiger partial charge in [-0.15, -0.1) is 0 Å². The molecule has 1 aliphatic heterocycles. The van der Waals surface area contributed by atoms with E-state index in [4.69, 9.17) is 4.74 Å². The first-order chi connectivity index (χ1) is 10.8. The molecule has 2 rings (SSSR count). The molecule has 0 N–H and O–H groups in total. The number of benzene rings is 1. The standard InChI is InChI=1S/C16H24N2O4S/c1-5-6-7-17(4)23(20,21)16-11-15-14(10-12(16)2)18(13(3)19)8-9-22-15/h10-11H,5-9H2,1-4H3. The number of hydrogen-bond acceptors (Lipinski definition) is 4. The minimum absolute atomic E-state index is 0.0791. The van der Waals surface area contributed by atoms with E-state index in [9.17, 15) is 13.2 Å². The minimum atomic E-state index is -3.56. The molecule has 0 aliphatic carbocycles. The van der Waals surface area contributed by atoms with Crippen molar-refractivity contribution in [3.8, 4) is 5.75 Å². The molecule has 0 fully saturated rings. The Hall–Kier alpha value is -1.60. The number of unbranched alkanes of at least 4 members (excludes halogenated alkanes) is 1. The number of anilines is 1. The van der Waals surface area contributed by atoms with Crippen molar-refractivity contribution in [2.24, 2.45) is 0 Å². The normalized spacial score (nSPS) is 14.6. The van der Waals surface area contributed by atoms with E-state index >= 15 is 0 Å². The molecular weight excluding hydrogens is 316 g/mol. The SMILES string of the molecule is CCCCN(C)S(=O)(=O)c1cc2c(cc1C)N(C(C)=O)CCO2. The van der Waals surface area contributed by atoms with Crippen LogP contribution in [-0.2, 0) is 14.8 Å². The number of fused-ring (bicyclic) bond motifs is 1. The minimum Gasteiger partial charge on any atom is -0.489 e. The average Bonchev–Trinajstić information content (AvgIpc) is 2.50. The van der Waals surface area contributed by atoms with Crippen LogP contribution in [0.25, 0.3) is 0 Å². The van der Waals surface area contributed by atoms with Gasteiger partial charge in [0.2, 0.25) is 15.9 Å². The zero-order valence-corrected chi connectivity index (χ0v) is 14.9. The van der Waals surface area contributed by atoms with Crippen LogP contribution in [-0.4, -0.2) is 45.4 Å². The van der Waals surface area contributed by atoms with E-state index < -0.39 is 10.0 Å². The largest absolute Gasteiger partial charge is 0.489 e. The fourth-order valence-corrected chi connectivity index (χ4v) is 4.05. The Kier molecular flexibility index (Phi) is 5.31. The highest BCUT2D eigenvalue weighted by Gasteiger charge is 2.28. The molecule has 0 bridgehead atoms. The van der Waals surface area contributed by atoms with Crippen LogP contribution in [0.15, 0.2) is 17.0 Å². The summed E-state index contributed by atoms with van der Waals surface area (Å²) in [6.07, 6.45) is 1.74. The predicted molar refractivity (Wildman–Crippen MR) is 89.4 cm³/mol. The van der Waals surface area contributed by atoms with Crippen molar-refractivity contribution < 1.29 is 17.9 Å². The Bertz CT molecular complexity index is 700. The highest BCUT2D eigenvalue weighted by molar-refractivity contribution is 7.89. The van der Waals surface area contributed by atoms with Crippen molar-refractivity contribution in [3.63, 3.8) is 0 Å². The molecule has 23 heavy (non-hydrogen) atoms. The molecule has 0 saturated carbocycles. The monoisotopic (exact) mass is 340 g/mol. The molecule has 0 aromatic heterocycles. The summed E-state index contributed by atoms with van der Waals surface area (Å²) in [4.78, 5) is 13.6. The number of sulfonamides is 1. The highest BCUT2D eigenvalue weighted by atomic mass is 32.2. The second-order valence-corrected chi connectivity index (χ2v) is 7.80. The molecule has 1 aliphatic rings. The van der Waals surface area contributed by atoms with Crippen LogP contribution in [0.3, 0.4) is 0 Å². The van der Waals surface area contributed by atoms with E-state index in [-0.39, 0.29) is 10.8 Å². The van der Waals surface area contributed by atoms with Crippen LogP contribution in [0.4, 0.5) is 5.69 Å². The molecular formula is C16H24N2O4S. The van der Waals surface area contributed by atoms with Gasteiger partial charge in [0.25, 0.3) is 0 Å². The van der Waals surface area contributed by atoms with Crippen molar-refractivity contribution in [1.29, 1.82) is 0 Å². The van der Waals surface area contributed by atoms with Crippen LogP contribution in [0, 0.1) is 6.92 Å². The Labute approximate surface area is 138 Å². The number of nitrogens with zero attached hydrogens (tertiary/aromatic N) is 2. The van der Waals surface area contributed by atoms with E-state index in [0.717, 1.165) is 12.8 Å². The fraction of sp³-hybridized carbons (Fsp3) is 0.562. The first kappa shape index (κ1) is 17.7. The number of carbonyl (C=O) groups excluding carboxylic acids is 1. The molecule has 1 amide bonds. The van der Waals surface area contributed by atoms with Gasteiger partial charge in [0.1, 0.15) is 12.4 Å². The van der Waals surface area contributed by atoms with Crippen molar-refractivity contribution >= 4 is 21.6 Å². The van der Waals surface area contributed by atoms with Gasteiger partial charge < -0.3 is 9.64 Å². The zero-order chi connectivity index (χ0) is 17.2. The second-order valence-electron chi connectivity index (χ2n) is 5.78. The lowest BCUT2D eigenvalue weighted by Crippen LogP contribution is -2.36. The van der Waals surface area contributed by atoms with Gasteiger partial charge in [0, 0.05) is 26.6 Å². The van der Waals surface area contributed by atoms with Crippen LogP contribution >= 0.6 is 0 Å². The molecule has 6 nitrogen and oxygen atoms in total. The van der Waals surface area contributed by atoms with Gasteiger partial charge in [-0.2, -0.15) is 0 Å². The van der Waals surface area contributed by atoms with E-state index in [1.54, 1.807) is 24.9 Å². The number of amides is 1. The van der Waals surface area contributed by atoms with Crippen molar-refractivity contribution in [1.82, 2.24) is 4.31 Å². The molecule has 0 unspecified atom stereocenters. The quantitative estimate of drug-likeness (QED) is 0.824. The molecule has 0 atom stereocenters. The van der Waals surface area contributed by atoms with E-state index in [1.807, 2.05) is 6.92 Å². The summed E-state index contributed by atoms with van der Waals surface area (Å²) >= 11 is 0. The lowest BCUT2D eigenvalue weighted by Gasteiger charge is -2.30. The Morgan fingerprint density at radius 2 is 2.09 bits per heavy atom. The Morgan fingerprint density at radius 3 is 2.70 bits per heavy atom. The third kappa shape index (κ3) is 3.50. The van der Waals surface area contributed by atoms with Crippen LogP contribution in [0.2, 0.25) is 0 Å². The molecule has 1 aromatic rings. The summed E-state index contributed by atoms with van der Waals surface area (Å²) in [5.41, 5.74) is 1.25. The molecule has 0 radical (unpaired) electrons. The van der Waals surface area contributed by atoms with Gasteiger partial charge in [0.15, 0.2) is 0 Å². The van der Waals surface area contributed by atoms with Gasteiger partial charge in [-0.25, -0.2) is 12.7 Å². The molecule has 128 valence electrons. The van der Waals surface area contributed by atoms with Crippen LogP contribution in [0.1, 0.15) is 32.3 Å². The molecule has 0 spiro atoms. The van der Waals surface area contributed by atoms with Gasteiger partial charge in [-0.05, 0) is 25.0 Å². The summed E-state index contributed by atoms with van der Waals surface area (Å²) in [6, 6.07) is 3.26. The smallest absolute Gasteiger partial charge is 0.243 e. The Morgan fingerprint density at radius 1 is 1.39 bits per heavy atom. The van der Waals surface area contributed by atoms with Crippen molar-refractivity contribution in [3.05, 3.63) is 17.7 Å². The summed E-state index contributed by atoms with van der Waals surface area (Å²) in [5.74, 6) is 0.365. The maximum absolute atomic E-state index is 12.7. The summed E-state index contributed by atoms with van der Waals surface area (Å²) in [6.45, 7) is 6.58. The topological polar surface area (TPSA) is 66.9 Å². The zero-order valence-electron chi connectivity index (χ0n) is 14.1. The summed E-state index contributed by atoms with van der Waals surface area (Å²) < 4.78 is 32.5. The third-order valence-corrected chi connectivity index (χ3v) is 6.01. The van der Waals surface area contributed by atoms with E-state index in [1.165, 1.54) is 17.3 Å². The first-order valence-electron chi connectivity index (χ1n) is 7.81. The van der Waals surface area contributed by atoms with E-state index in [2.05, 4.69) is 0 Å². The molecule has 1 heterocycles. The van der Waals surface area contributed by atoms with Gasteiger partial charge >= 0.3 is 0 Å². The fourth-order valence-electron chi connectivity index (χ4n) is 2.62. The number of ether oxygens (including phenoxy) is 1. The van der Waals surface area contributed by atoms with Crippen LogP contribution in [0.5, 0.6) is 5.75 Å². The predicted octanol–water partition coefficient (Wildman–Crippen LogP) is 2.16. The number of aryl methyl sites for hydroxylation is 1. The number of carbonyl (C=O) groups is 1. The van der Waals surface area contributed by atoms with Gasteiger partial charge in [-0.3, -0.25) is 4.79 Å².